The number of rotatable bonds is 5. The van der Waals surface area contributed by atoms with Gasteiger partial charge in [0.1, 0.15) is 0 Å². The number of benzene rings is 1. The Balaban J connectivity index is 1.45. The Morgan fingerprint density at radius 3 is 2.15 bits per heavy atom. The Hall–Kier alpha value is -1.02. The summed E-state index contributed by atoms with van der Waals surface area (Å²) in [6.45, 7) is 16.1. The predicted octanol–water partition coefficient (Wildman–Crippen LogP) is 5.93. The van der Waals surface area contributed by atoms with Crippen LogP contribution in [0, 0.1) is 16.7 Å². The van der Waals surface area contributed by atoms with Crippen LogP contribution in [0.25, 0.3) is 0 Å². The zero-order valence-electron chi connectivity index (χ0n) is 18.1. The molecule has 27 heavy (non-hydrogen) atoms. The van der Waals surface area contributed by atoms with Crippen LogP contribution in [-0.4, -0.2) is 37.6 Å². The largest absolute Gasteiger partial charge is 0.369 e. The minimum atomic E-state index is 0.445. The normalized spacial score (nSPS) is 26.3. The van der Waals surface area contributed by atoms with E-state index in [2.05, 4.69) is 61.8 Å². The Morgan fingerprint density at radius 2 is 1.52 bits per heavy atom. The number of hydrogen-bond donors (Lipinski definition) is 0. The third-order valence-corrected chi connectivity index (χ3v) is 7.20. The summed E-state index contributed by atoms with van der Waals surface area (Å²) in [5, 5.41) is 0. The maximum atomic E-state index is 2.70. The highest BCUT2D eigenvalue weighted by Gasteiger charge is 2.39. The van der Waals surface area contributed by atoms with E-state index < -0.39 is 0 Å². The number of anilines is 1. The maximum Gasteiger partial charge on any atom is 0.0402 e. The molecule has 150 valence electrons. The molecular formula is C25H40N2. The third-order valence-electron chi connectivity index (χ3n) is 7.20. The fourth-order valence-electron chi connectivity index (χ4n) is 6.17. The van der Waals surface area contributed by atoms with Crippen LogP contribution in [0.5, 0.6) is 0 Å². The fourth-order valence-corrected chi connectivity index (χ4v) is 6.17. The number of piperazine rings is 1. The summed E-state index contributed by atoms with van der Waals surface area (Å²) in [5.41, 5.74) is 4.03. The second kappa shape index (κ2) is 7.43. The molecule has 0 spiro atoms. The maximum absolute atomic E-state index is 2.70. The quantitative estimate of drug-likeness (QED) is 0.635. The molecule has 1 aromatic carbocycles. The van der Waals surface area contributed by atoms with Gasteiger partial charge in [-0.25, -0.2) is 0 Å². The van der Waals surface area contributed by atoms with E-state index in [-0.39, 0.29) is 0 Å². The summed E-state index contributed by atoms with van der Waals surface area (Å²) < 4.78 is 0. The molecule has 1 aliphatic heterocycles. The minimum absolute atomic E-state index is 0.445. The zero-order chi connectivity index (χ0) is 19.1. The van der Waals surface area contributed by atoms with Crippen molar-refractivity contribution in [2.24, 2.45) is 16.7 Å². The Bertz CT molecular complexity index is 619. The monoisotopic (exact) mass is 368 g/mol. The van der Waals surface area contributed by atoms with Crippen LogP contribution in [0.4, 0.5) is 5.69 Å². The molecule has 2 nitrogen and oxygen atoms in total. The summed E-state index contributed by atoms with van der Waals surface area (Å²) in [6.07, 6.45) is 8.41. The Kier molecular flexibility index (Phi) is 5.31. The highest BCUT2D eigenvalue weighted by molar-refractivity contribution is 5.56. The molecule has 0 atom stereocenters. The van der Waals surface area contributed by atoms with Gasteiger partial charge in [0, 0.05) is 31.9 Å². The highest BCUT2D eigenvalue weighted by Crippen LogP contribution is 2.53. The molecule has 0 N–H and O–H groups in total. The molecule has 2 saturated carbocycles. The van der Waals surface area contributed by atoms with E-state index in [0.717, 1.165) is 5.92 Å². The lowest BCUT2D eigenvalue weighted by Gasteiger charge is -2.46. The van der Waals surface area contributed by atoms with Gasteiger partial charge in [0.2, 0.25) is 0 Å². The Labute approximate surface area is 167 Å². The van der Waals surface area contributed by atoms with Crippen molar-refractivity contribution in [2.45, 2.75) is 72.1 Å². The molecular weight excluding hydrogens is 328 g/mol. The zero-order valence-corrected chi connectivity index (χ0v) is 18.1. The van der Waals surface area contributed by atoms with Gasteiger partial charge in [-0.2, -0.15) is 0 Å². The smallest absolute Gasteiger partial charge is 0.0402 e. The molecule has 0 amide bonds. The number of nitrogens with zero attached hydrogens (tertiary/aromatic N) is 2. The van der Waals surface area contributed by atoms with Crippen molar-refractivity contribution in [1.29, 1.82) is 0 Å². The first-order chi connectivity index (χ1) is 12.8. The lowest BCUT2D eigenvalue weighted by molar-refractivity contribution is 0.0970. The molecule has 2 aliphatic carbocycles. The van der Waals surface area contributed by atoms with Gasteiger partial charge < -0.3 is 4.90 Å². The van der Waals surface area contributed by atoms with Crippen molar-refractivity contribution in [3.8, 4) is 0 Å². The van der Waals surface area contributed by atoms with Crippen molar-refractivity contribution in [3.63, 3.8) is 0 Å². The summed E-state index contributed by atoms with van der Waals surface area (Å²) in [7, 11) is 0. The average molecular weight is 369 g/mol. The van der Waals surface area contributed by atoms with E-state index in [9.17, 15) is 0 Å². The van der Waals surface area contributed by atoms with E-state index >= 15 is 0 Å². The number of para-hydroxylation sites is 1. The van der Waals surface area contributed by atoms with Gasteiger partial charge in [-0.3, -0.25) is 4.90 Å². The van der Waals surface area contributed by atoms with E-state index in [4.69, 9.17) is 0 Å². The van der Waals surface area contributed by atoms with Crippen molar-refractivity contribution in [3.05, 3.63) is 29.8 Å². The molecule has 0 radical (unpaired) electrons. The van der Waals surface area contributed by atoms with Crippen molar-refractivity contribution >= 4 is 5.69 Å². The second-order valence-corrected chi connectivity index (χ2v) is 11.2. The first kappa shape index (κ1) is 19.3. The van der Waals surface area contributed by atoms with Gasteiger partial charge >= 0.3 is 0 Å². The Morgan fingerprint density at radius 1 is 0.889 bits per heavy atom. The summed E-state index contributed by atoms with van der Waals surface area (Å²) in [5.74, 6) is 1.76. The molecule has 3 fully saturated rings. The van der Waals surface area contributed by atoms with Crippen LogP contribution in [-0.2, 0) is 0 Å². The van der Waals surface area contributed by atoms with Gasteiger partial charge in [0.05, 0.1) is 0 Å². The van der Waals surface area contributed by atoms with Crippen molar-refractivity contribution in [1.82, 2.24) is 4.90 Å². The molecule has 3 aliphatic rings. The van der Waals surface area contributed by atoms with E-state index in [1.807, 2.05) is 0 Å². The summed E-state index contributed by atoms with van der Waals surface area (Å²) in [4.78, 5) is 5.38. The summed E-state index contributed by atoms with van der Waals surface area (Å²) in [6, 6.07) is 9.33. The summed E-state index contributed by atoms with van der Waals surface area (Å²) >= 11 is 0. The topological polar surface area (TPSA) is 6.48 Å². The van der Waals surface area contributed by atoms with Gasteiger partial charge in [0.25, 0.3) is 0 Å². The molecule has 1 aromatic rings. The van der Waals surface area contributed by atoms with Crippen LogP contribution < -0.4 is 4.90 Å². The first-order valence-electron chi connectivity index (χ1n) is 11.4. The molecule has 4 rings (SSSR count). The third kappa shape index (κ3) is 4.88. The van der Waals surface area contributed by atoms with Crippen LogP contribution in [0.3, 0.4) is 0 Å². The molecule has 0 unspecified atom stereocenters. The predicted molar refractivity (Wildman–Crippen MR) is 117 cm³/mol. The van der Waals surface area contributed by atoms with E-state index in [1.165, 1.54) is 76.9 Å². The SMILES string of the molecule is CC1(C)CC(c2ccccc2N2CCN(CCC3CC3)CC2)CC(C)(C)C1. The average Bonchev–Trinajstić information content (AvgIpc) is 3.42. The standard InChI is InChI=1S/C25H40N2/c1-24(2)17-21(18-25(3,4)19-24)22-7-5-6-8-23(22)27-15-13-26(14-16-27)12-11-20-9-10-20/h5-8,20-21H,9-19H2,1-4H3. The van der Waals surface area contributed by atoms with Crippen LogP contribution in [0.1, 0.15) is 77.7 Å². The van der Waals surface area contributed by atoms with Crippen LogP contribution >= 0.6 is 0 Å². The lowest BCUT2D eigenvalue weighted by Crippen LogP contribution is -2.47. The van der Waals surface area contributed by atoms with E-state index in [1.54, 1.807) is 5.56 Å². The van der Waals surface area contributed by atoms with Crippen molar-refractivity contribution in [2.75, 3.05) is 37.6 Å². The second-order valence-electron chi connectivity index (χ2n) is 11.2. The van der Waals surface area contributed by atoms with Crippen molar-refractivity contribution < 1.29 is 0 Å². The van der Waals surface area contributed by atoms with Gasteiger partial charge in [-0.05, 0) is 66.5 Å². The first-order valence-corrected chi connectivity index (χ1v) is 11.4. The number of hydrogen-bond acceptors (Lipinski definition) is 2. The van der Waals surface area contributed by atoms with Crippen LogP contribution in [0.2, 0.25) is 0 Å². The molecule has 1 heterocycles. The van der Waals surface area contributed by atoms with Crippen LogP contribution in [0.15, 0.2) is 24.3 Å². The molecule has 0 bridgehead atoms. The van der Waals surface area contributed by atoms with Gasteiger partial charge in [-0.15, -0.1) is 0 Å². The minimum Gasteiger partial charge on any atom is -0.369 e. The molecule has 2 heteroatoms. The van der Waals surface area contributed by atoms with E-state index in [0.29, 0.717) is 16.7 Å². The highest BCUT2D eigenvalue weighted by atomic mass is 15.3. The lowest BCUT2D eigenvalue weighted by atomic mass is 9.60. The molecule has 1 saturated heterocycles. The van der Waals surface area contributed by atoms with Gasteiger partial charge in [0.15, 0.2) is 0 Å². The molecule has 0 aromatic heterocycles. The van der Waals surface area contributed by atoms with Gasteiger partial charge in [-0.1, -0.05) is 58.7 Å². The fraction of sp³-hybridized carbons (Fsp3) is 0.760.